The number of urea groups is 1. The predicted molar refractivity (Wildman–Crippen MR) is 159 cm³/mol. The van der Waals surface area contributed by atoms with Gasteiger partial charge >= 0.3 is 12.2 Å². The van der Waals surface area contributed by atoms with Crippen LogP contribution in [0.4, 0.5) is 51.2 Å². The van der Waals surface area contributed by atoms with Crippen LogP contribution in [0.1, 0.15) is 11.1 Å². The predicted octanol–water partition coefficient (Wildman–Crippen LogP) is 4.97. The van der Waals surface area contributed by atoms with Crippen LogP contribution in [-0.4, -0.2) is 47.2 Å². The van der Waals surface area contributed by atoms with E-state index in [9.17, 15) is 30.8 Å². The molecule has 0 aliphatic carbocycles. The van der Waals surface area contributed by atoms with Gasteiger partial charge in [0.2, 0.25) is 5.95 Å². The van der Waals surface area contributed by atoms with Crippen LogP contribution >= 0.6 is 0 Å². The molecule has 0 radical (unpaired) electrons. The van der Waals surface area contributed by atoms with Gasteiger partial charge < -0.3 is 21.7 Å². The molecule has 0 bridgehead atoms. The van der Waals surface area contributed by atoms with E-state index in [0.717, 1.165) is 5.56 Å². The van der Waals surface area contributed by atoms with Crippen molar-refractivity contribution in [2.24, 2.45) is 0 Å². The summed E-state index contributed by atoms with van der Waals surface area (Å²) in [5.74, 6) is -0.657. The lowest BCUT2D eigenvalue weighted by molar-refractivity contribution is -0.137. The number of benzene rings is 3. The van der Waals surface area contributed by atoms with Crippen molar-refractivity contribution in [2.45, 2.75) is 23.5 Å². The summed E-state index contributed by atoms with van der Waals surface area (Å²) in [5.41, 5.74) is 5.84. The van der Waals surface area contributed by atoms with Gasteiger partial charge in [-0.1, -0.05) is 18.2 Å². The number of H-pyrrole nitrogens is 1. The zero-order valence-electron chi connectivity index (χ0n) is 22.9. The molecule has 1 atom stereocenters. The Morgan fingerprint density at radius 2 is 1.78 bits per heavy atom. The number of nitrogens with two attached hydrogens (primary N) is 1. The topological polar surface area (TPSA) is 171 Å². The molecule has 0 saturated heterocycles. The van der Waals surface area contributed by atoms with Crippen molar-refractivity contribution < 1.29 is 30.8 Å². The number of halogens is 4. The highest BCUT2D eigenvalue weighted by Crippen LogP contribution is 2.34. The fraction of sp³-hybridized carbons (Fsp3) is 0.143. The second-order valence-electron chi connectivity index (χ2n) is 10.1. The van der Waals surface area contributed by atoms with Crippen molar-refractivity contribution >= 4 is 55.9 Å². The van der Waals surface area contributed by atoms with E-state index in [1.165, 1.54) is 34.8 Å². The molecule has 0 fully saturated rings. The second kappa shape index (κ2) is 11.2. The van der Waals surface area contributed by atoms with E-state index in [4.69, 9.17) is 5.73 Å². The van der Waals surface area contributed by atoms with Crippen molar-refractivity contribution in [1.29, 1.82) is 0 Å². The first kappa shape index (κ1) is 29.6. The summed E-state index contributed by atoms with van der Waals surface area (Å²) in [7, 11) is -4.13. The summed E-state index contributed by atoms with van der Waals surface area (Å²) in [4.78, 5) is 20.7. The van der Waals surface area contributed by atoms with Crippen molar-refractivity contribution in [3.63, 3.8) is 0 Å². The third kappa shape index (κ3) is 6.01. The molecule has 45 heavy (non-hydrogen) atoms. The van der Waals surface area contributed by atoms with Gasteiger partial charge in [-0.05, 0) is 60.5 Å². The van der Waals surface area contributed by atoms with E-state index in [0.29, 0.717) is 47.2 Å². The number of rotatable bonds is 6. The molecule has 1 aliphatic rings. The SMILES string of the molecule is Nc1nc(NC2Cc3ccccc3N(S(=O)(=O)c3ccc(NC(=O)Nc4cc(C(F)(F)F)ccc4F)cc3)C2)c2cn[nH]c2n1. The Balaban J connectivity index is 1.21. The average molecular weight is 642 g/mol. The van der Waals surface area contributed by atoms with Crippen LogP contribution in [0.2, 0.25) is 0 Å². The summed E-state index contributed by atoms with van der Waals surface area (Å²) in [5, 5.41) is 14.9. The molecule has 232 valence electrons. The first-order valence-electron chi connectivity index (χ1n) is 13.3. The first-order valence-corrected chi connectivity index (χ1v) is 14.7. The number of amides is 2. The number of nitrogen functional groups attached to an aromatic ring is 1. The van der Waals surface area contributed by atoms with E-state index in [2.05, 4.69) is 30.8 Å². The lowest BCUT2D eigenvalue weighted by Gasteiger charge is -2.35. The van der Waals surface area contributed by atoms with E-state index >= 15 is 0 Å². The maximum absolute atomic E-state index is 14.0. The fourth-order valence-electron chi connectivity index (χ4n) is 4.95. The van der Waals surface area contributed by atoms with Crippen molar-refractivity contribution in [1.82, 2.24) is 20.2 Å². The Hall–Kier alpha value is -5.45. The Morgan fingerprint density at radius 3 is 2.53 bits per heavy atom. The van der Waals surface area contributed by atoms with E-state index in [-0.39, 0.29) is 23.1 Å². The van der Waals surface area contributed by atoms with Crippen LogP contribution < -0.4 is 26.0 Å². The smallest absolute Gasteiger partial charge is 0.368 e. The number of anilines is 5. The van der Waals surface area contributed by atoms with Gasteiger partial charge in [0.15, 0.2) is 5.65 Å². The van der Waals surface area contributed by atoms with Crippen LogP contribution in [0.3, 0.4) is 0 Å². The molecule has 12 nitrogen and oxygen atoms in total. The number of fused-ring (bicyclic) bond motifs is 2. The van der Waals surface area contributed by atoms with Crippen molar-refractivity contribution in [3.05, 3.63) is 89.9 Å². The molecule has 1 aliphatic heterocycles. The van der Waals surface area contributed by atoms with Gasteiger partial charge in [-0.25, -0.2) is 17.6 Å². The molecule has 2 aromatic heterocycles. The van der Waals surface area contributed by atoms with Crippen molar-refractivity contribution in [2.75, 3.05) is 32.5 Å². The van der Waals surface area contributed by atoms with Crippen LogP contribution in [0.5, 0.6) is 0 Å². The number of carbonyl (C=O) groups excluding carboxylic acids is 1. The summed E-state index contributed by atoms with van der Waals surface area (Å²) in [6.07, 6.45) is -2.71. The molecule has 5 aromatic rings. The largest absolute Gasteiger partial charge is 0.416 e. The molecule has 2 amide bonds. The number of hydrogen-bond acceptors (Lipinski definition) is 8. The number of aromatic nitrogens is 4. The fourth-order valence-corrected chi connectivity index (χ4v) is 6.50. The number of aromatic amines is 1. The molecule has 1 unspecified atom stereocenters. The standard InChI is InChI=1S/C28H23F4N9O3S/c29-21-10-5-16(28(30,31)32)12-22(21)37-27(42)36-17-6-8-19(9-7-17)45(43,44)41-14-18(11-15-3-1-2-4-23(15)41)35-24-20-13-34-40-25(20)39-26(33)38-24/h1-10,12-13,18H,11,14H2,(H2,36,37,42)(H4,33,34,35,38,39,40). The lowest BCUT2D eigenvalue weighted by Crippen LogP contribution is -2.45. The maximum atomic E-state index is 14.0. The Morgan fingerprint density at radius 1 is 1.02 bits per heavy atom. The van der Waals surface area contributed by atoms with Crippen LogP contribution in [0, 0.1) is 5.82 Å². The lowest BCUT2D eigenvalue weighted by atomic mass is 9.99. The Bertz CT molecular complexity index is 2020. The number of para-hydroxylation sites is 1. The van der Waals surface area contributed by atoms with Crippen molar-refractivity contribution in [3.8, 4) is 0 Å². The summed E-state index contributed by atoms with van der Waals surface area (Å²) < 4.78 is 82.1. The zero-order chi connectivity index (χ0) is 31.9. The number of carbonyl (C=O) groups is 1. The molecule has 0 spiro atoms. The molecule has 3 heterocycles. The monoisotopic (exact) mass is 641 g/mol. The highest BCUT2D eigenvalue weighted by atomic mass is 32.2. The number of alkyl halides is 3. The number of nitrogens with zero attached hydrogens (tertiary/aromatic N) is 4. The quantitative estimate of drug-likeness (QED) is 0.162. The van der Waals surface area contributed by atoms with Gasteiger partial charge in [0.25, 0.3) is 10.0 Å². The summed E-state index contributed by atoms with van der Waals surface area (Å²) in [6, 6.07) is 12.4. The summed E-state index contributed by atoms with van der Waals surface area (Å²) >= 11 is 0. The third-order valence-electron chi connectivity index (χ3n) is 7.02. The normalized spacial score (nSPS) is 15.0. The molecule has 6 rings (SSSR count). The van der Waals surface area contributed by atoms with Crippen LogP contribution in [-0.2, 0) is 22.6 Å². The second-order valence-corrected chi connectivity index (χ2v) is 11.9. The van der Waals surface area contributed by atoms with Gasteiger partial charge in [-0.3, -0.25) is 9.40 Å². The molecular formula is C28H23F4N9O3S. The van der Waals surface area contributed by atoms with Gasteiger partial charge in [0.1, 0.15) is 11.6 Å². The minimum Gasteiger partial charge on any atom is -0.368 e. The number of hydrogen-bond donors (Lipinski definition) is 5. The van der Waals surface area contributed by atoms with Gasteiger partial charge in [-0.2, -0.15) is 28.2 Å². The molecule has 0 saturated carbocycles. The first-order chi connectivity index (χ1) is 21.4. The van der Waals surface area contributed by atoms with Gasteiger partial charge in [0, 0.05) is 5.69 Å². The molecule has 3 aromatic carbocycles. The van der Waals surface area contributed by atoms with Crippen LogP contribution in [0.25, 0.3) is 11.0 Å². The molecular weight excluding hydrogens is 618 g/mol. The minimum absolute atomic E-state index is 0.0114. The van der Waals surface area contributed by atoms with E-state index in [1.807, 2.05) is 11.4 Å². The molecule has 6 N–H and O–H groups in total. The summed E-state index contributed by atoms with van der Waals surface area (Å²) in [6.45, 7) is 0.0353. The highest BCUT2D eigenvalue weighted by molar-refractivity contribution is 7.92. The third-order valence-corrected chi connectivity index (χ3v) is 8.82. The Kier molecular flexibility index (Phi) is 7.39. The van der Waals surface area contributed by atoms with Gasteiger partial charge in [-0.15, -0.1) is 0 Å². The van der Waals surface area contributed by atoms with Crippen LogP contribution in [0.15, 0.2) is 77.8 Å². The minimum atomic E-state index is -4.73. The number of sulfonamides is 1. The zero-order valence-corrected chi connectivity index (χ0v) is 23.7. The number of nitrogens with one attached hydrogen (secondary N) is 4. The van der Waals surface area contributed by atoms with E-state index in [1.54, 1.807) is 18.2 Å². The van der Waals surface area contributed by atoms with Gasteiger partial charge in [0.05, 0.1) is 46.0 Å². The highest BCUT2D eigenvalue weighted by Gasteiger charge is 2.34. The average Bonchev–Trinajstić information content (AvgIpc) is 3.46. The molecule has 17 heteroatoms. The Labute approximate surface area is 252 Å². The maximum Gasteiger partial charge on any atom is 0.416 e. The van der Waals surface area contributed by atoms with E-state index < -0.39 is 45.3 Å².